The van der Waals surface area contributed by atoms with Gasteiger partial charge in [-0.1, -0.05) is 24.4 Å². The molecule has 1 aromatic rings. The Hall–Kier alpha value is -1.00. The molecule has 0 aromatic heterocycles. The molecule has 0 fully saturated rings. The summed E-state index contributed by atoms with van der Waals surface area (Å²) in [6.07, 6.45) is 0. The Bertz CT molecular complexity index is 275. The third-order valence-electron chi connectivity index (χ3n) is 1.25. The molecular formula is C7H7FN2S. The topological polar surface area (TPSA) is 38.0 Å². The number of rotatable bonds is 1. The van der Waals surface area contributed by atoms with Gasteiger partial charge in [0, 0.05) is 5.56 Å². The minimum atomic E-state index is -0.365. The zero-order valence-corrected chi connectivity index (χ0v) is 6.49. The van der Waals surface area contributed by atoms with Crippen LogP contribution in [0.3, 0.4) is 0 Å². The number of nitrogens with one attached hydrogen (secondary N) is 1. The molecule has 3 N–H and O–H groups in total. The summed E-state index contributed by atoms with van der Waals surface area (Å²) in [5, 5.41) is 0. The number of thiocarbonyl (C=S) groups is 1. The van der Waals surface area contributed by atoms with Crippen molar-refractivity contribution in [3.8, 4) is 0 Å². The van der Waals surface area contributed by atoms with Crippen LogP contribution < -0.4 is 11.3 Å². The van der Waals surface area contributed by atoms with Gasteiger partial charge >= 0.3 is 0 Å². The average molecular weight is 170 g/mol. The second-order valence-electron chi connectivity index (χ2n) is 1.95. The lowest BCUT2D eigenvalue weighted by Gasteiger charge is -2.02. The highest BCUT2D eigenvalue weighted by Gasteiger charge is 2.03. The van der Waals surface area contributed by atoms with E-state index in [-0.39, 0.29) is 10.8 Å². The van der Waals surface area contributed by atoms with Gasteiger partial charge < -0.3 is 5.43 Å². The lowest BCUT2D eigenvalue weighted by atomic mass is 10.2. The highest BCUT2D eigenvalue weighted by molar-refractivity contribution is 7.80. The molecule has 58 valence electrons. The zero-order valence-electron chi connectivity index (χ0n) is 5.67. The zero-order chi connectivity index (χ0) is 8.27. The summed E-state index contributed by atoms with van der Waals surface area (Å²) in [5.74, 6) is 4.65. The van der Waals surface area contributed by atoms with Gasteiger partial charge in [-0.25, -0.2) is 10.2 Å². The number of hydrogen-bond acceptors (Lipinski definition) is 2. The van der Waals surface area contributed by atoms with Crippen molar-refractivity contribution in [1.82, 2.24) is 5.43 Å². The molecular weight excluding hydrogens is 163 g/mol. The molecule has 0 atom stereocenters. The molecule has 0 radical (unpaired) electrons. The van der Waals surface area contributed by atoms with Crippen LogP contribution in [0.5, 0.6) is 0 Å². The predicted octanol–water partition coefficient (Wildman–Crippen LogP) is 0.965. The number of benzene rings is 1. The fourth-order valence-electron chi connectivity index (χ4n) is 0.723. The van der Waals surface area contributed by atoms with Gasteiger partial charge in [0.15, 0.2) is 0 Å². The van der Waals surface area contributed by atoms with Gasteiger partial charge in [0.05, 0.1) is 0 Å². The van der Waals surface area contributed by atoms with E-state index in [1.54, 1.807) is 18.2 Å². The van der Waals surface area contributed by atoms with Gasteiger partial charge in [-0.2, -0.15) is 0 Å². The van der Waals surface area contributed by atoms with Crippen molar-refractivity contribution in [2.75, 3.05) is 0 Å². The van der Waals surface area contributed by atoms with Crippen molar-refractivity contribution in [1.29, 1.82) is 0 Å². The first-order valence-electron chi connectivity index (χ1n) is 3.01. The monoisotopic (exact) mass is 170 g/mol. The van der Waals surface area contributed by atoms with Crippen molar-refractivity contribution in [2.24, 2.45) is 5.84 Å². The number of nitrogens with two attached hydrogens (primary N) is 1. The van der Waals surface area contributed by atoms with E-state index in [4.69, 9.17) is 18.1 Å². The SMILES string of the molecule is NNC(=S)c1ccccc1F. The Kier molecular flexibility index (Phi) is 2.51. The summed E-state index contributed by atoms with van der Waals surface area (Å²) in [6.45, 7) is 0. The van der Waals surface area contributed by atoms with Gasteiger partial charge in [-0.05, 0) is 12.1 Å². The van der Waals surface area contributed by atoms with Crippen LogP contribution in [0.15, 0.2) is 24.3 Å². The average Bonchev–Trinajstić information content (AvgIpc) is 2.04. The molecule has 2 nitrogen and oxygen atoms in total. The first-order valence-corrected chi connectivity index (χ1v) is 3.42. The van der Waals surface area contributed by atoms with Crippen molar-refractivity contribution in [2.45, 2.75) is 0 Å². The molecule has 0 heterocycles. The van der Waals surface area contributed by atoms with E-state index in [0.29, 0.717) is 5.56 Å². The van der Waals surface area contributed by atoms with Crippen LogP contribution in [-0.2, 0) is 0 Å². The Morgan fingerprint density at radius 3 is 2.64 bits per heavy atom. The Labute approximate surface area is 69.2 Å². The molecule has 4 heteroatoms. The van der Waals surface area contributed by atoms with Crippen molar-refractivity contribution >= 4 is 17.2 Å². The van der Waals surface area contributed by atoms with Gasteiger partial charge in [0.1, 0.15) is 10.8 Å². The maximum absolute atomic E-state index is 12.8. The molecule has 0 aliphatic heterocycles. The maximum Gasteiger partial charge on any atom is 0.133 e. The third kappa shape index (κ3) is 1.72. The lowest BCUT2D eigenvalue weighted by molar-refractivity contribution is 0.624. The number of hydrogen-bond donors (Lipinski definition) is 2. The normalized spacial score (nSPS) is 9.27. The van der Waals surface area contributed by atoms with Crippen molar-refractivity contribution < 1.29 is 4.39 Å². The molecule has 0 spiro atoms. The molecule has 0 aliphatic rings. The minimum absolute atomic E-state index is 0.211. The molecule has 0 aliphatic carbocycles. The molecule has 0 amide bonds. The van der Waals surface area contributed by atoms with Gasteiger partial charge in [0.25, 0.3) is 0 Å². The quantitative estimate of drug-likeness (QED) is 0.374. The summed E-state index contributed by atoms with van der Waals surface area (Å²) in [6, 6.07) is 6.19. The second kappa shape index (κ2) is 3.41. The van der Waals surface area contributed by atoms with E-state index < -0.39 is 0 Å². The Balaban J connectivity index is 3.03. The first kappa shape index (κ1) is 8.10. The smallest absolute Gasteiger partial charge is 0.133 e. The van der Waals surface area contributed by atoms with E-state index in [9.17, 15) is 4.39 Å². The van der Waals surface area contributed by atoms with E-state index in [1.807, 2.05) is 0 Å². The van der Waals surface area contributed by atoms with Crippen LogP contribution in [0.4, 0.5) is 4.39 Å². The van der Waals surface area contributed by atoms with Gasteiger partial charge in [-0.15, -0.1) is 0 Å². The summed E-state index contributed by atoms with van der Waals surface area (Å²) in [7, 11) is 0. The van der Waals surface area contributed by atoms with Crippen molar-refractivity contribution in [3.63, 3.8) is 0 Å². The maximum atomic E-state index is 12.8. The second-order valence-corrected chi connectivity index (χ2v) is 2.36. The summed E-state index contributed by atoms with van der Waals surface area (Å²) < 4.78 is 12.8. The van der Waals surface area contributed by atoms with Crippen LogP contribution in [-0.4, -0.2) is 4.99 Å². The lowest BCUT2D eigenvalue weighted by Crippen LogP contribution is -2.29. The van der Waals surface area contributed by atoms with Gasteiger partial charge in [-0.3, -0.25) is 0 Å². The molecule has 1 aromatic carbocycles. The van der Waals surface area contributed by atoms with Crippen LogP contribution in [0.2, 0.25) is 0 Å². The van der Waals surface area contributed by atoms with Crippen LogP contribution in [0, 0.1) is 5.82 Å². The van der Waals surface area contributed by atoms with Crippen LogP contribution >= 0.6 is 12.2 Å². The Morgan fingerprint density at radius 1 is 1.45 bits per heavy atom. The molecule has 0 bridgehead atoms. The standard InChI is InChI=1S/C7H7FN2S/c8-6-4-2-1-3-5(6)7(11)10-9/h1-4H,9H2,(H,10,11). The van der Waals surface area contributed by atoms with Crippen LogP contribution in [0.25, 0.3) is 0 Å². The Morgan fingerprint density at radius 2 is 2.09 bits per heavy atom. The minimum Gasteiger partial charge on any atom is -0.314 e. The predicted molar refractivity (Wildman–Crippen MR) is 45.4 cm³/mol. The number of halogens is 1. The largest absolute Gasteiger partial charge is 0.314 e. The molecule has 0 saturated carbocycles. The van der Waals surface area contributed by atoms with E-state index >= 15 is 0 Å². The van der Waals surface area contributed by atoms with Crippen LogP contribution in [0.1, 0.15) is 5.56 Å². The summed E-state index contributed by atoms with van der Waals surface area (Å²) >= 11 is 4.73. The summed E-state index contributed by atoms with van der Waals surface area (Å²) in [5.41, 5.74) is 2.54. The molecule has 1 rings (SSSR count). The molecule has 0 saturated heterocycles. The van der Waals surface area contributed by atoms with Gasteiger partial charge in [0.2, 0.25) is 0 Å². The fourth-order valence-corrected chi connectivity index (χ4v) is 0.889. The third-order valence-corrected chi connectivity index (χ3v) is 1.59. The summed E-state index contributed by atoms with van der Waals surface area (Å²) in [4.78, 5) is 0.211. The van der Waals surface area contributed by atoms with E-state index in [1.165, 1.54) is 6.07 Å². The number of hydrazine groups is 1. The fraction of sp³-hybridized carbons (Fsp3) is 0. The molecule has 0 unspecified atom stereocenters. The van der Waals surface area contributed by atoms with E-state index in [2.05, 4.69) is 5.43 Å². The highest BCUT2D eigenvalue weighted by atomic mass is 32.1. The van der Waals surface area contributed by atoms with E-state index in [0.717, 1.165) is 0 Å². The van der Waals surface area contributed by atoms with Crippen molar-refractivity contribution in [3.05, 3.63) is 35.6 Å². The highest BCUT2D eigenvalue weighted by Crippen LogP contribution is 2.05. The molecule has 11 heavy (non-hydrogen) atoms. The first-order chi connectivity index (χ1) is 5.25.